The van der Waals surface area contributed by atoms with Crippen molar-refractivity contribution in [3.8, 4) is 45.5 Å². The number of ether oxygens (including phenoxy) is 1. The zero-order valence-electron chi connectivity index (χ0n) is 26.2. The van der Waals surface area contributed by atoms with Crippen LogP contribution < -0.4 is 15.1 Å². The predicted molar refractivity (Wildman–Crippen MR) is 180 cm³/mol. The lowest BCUT2D eigenvalue weighted by Gasteiger charge is -2.36. The largest absolute Gasteiger partial charge is 0.507 e. The Bertz CT molecular complexity index is 1710. The van der Waals surface area contributed by atoms with Crippen molar-refractivity contribution in [1.29, 1.82) is 0 Å². The predicted octanol–water partition coefficient (Wildman–Crippen LogP) is 4.75. The first-order valence-electron chi connectivity index (χ1n) is 15.0. The van der Waals surface area contributed by atoms with Gasteiger partial charge < -0.3 is 45.2 Å². The molecule has 7 N–H and O–H groups in total. The van der Waals surface area contributed by atoms with E-state index >= 15 is 0 Å². The summed E-state index contributed by atoms with van der Waals surface area (Å²) in [4.78, 5) is 18.1. The fraction of sp³-hybridized carbons (Fsp3) is 0.387. The molecule has 2 saturated heterocycles. The van der Waals surface area contributed by atoms with Crippen molar-refractivity contribution >= 4 is 40.7 Å². The number of amides is 1. The third-order valence-electron chi connectivity index (χ3n) is 7.64. The number of H-pyrrole nitrogens is 2. The minimum absolute atomic E-state index is 0.0347. The van der Waals surface area contributed by atoms with Crippen LogP contribution in [0.3, 0.4) is 0 Å². The summed E-state index contributed by atoms with van der Waals surface area (Å²) in [6.07, 6.45) is 3.08. The highest BCUT2D eigenvalue weighted by Crippen LogP contribution is 2.41. The highest BCUT2D eigenvalue weighted by Gasteiger charge is 2.28. The maximum Gasteiger partial charge on any atom is 0.410 e. The lowest BCUT2D eigenvalue weighted by molar-refractivity contribution is 0.0240. The number of aromatic nitrogens is 4. The van der Waals surface area contributed by atoms with Gasteiger partial charge in [-0.05, 0) is 32.9 Å². The molecule has 0 aliphatic carbocycles. The number of carbonyl (C=O) groups is 1. The van der Waals surface area contributed by atoms with Gasteiger partial charge in [-0.15, -0.1) is 0 Å². The quantitative estimate of drug-likeness (QED) is 0.157. The number of hydrogen-bond acceptors (Lipinski definition) is 11. The number of aromatic hydroxyl groups is 4. The van der Waals surface area contributed by atoms with Crippen LogP contribution in [-0.2, 0) is 4.74 Å². The number of nitrogens with one attached hydrogen (secondary N) is 3. The van der Waals surface area contributed by atoms with Crippen LogP contribution in [0.5, 0.6) is 23.0 Å². The molecule has 47 heavy (non-hydrogen) atoms. The first-order valence-corrected chi connectivity index (χ1v) is 15.8. The smallest absolute Gasteiger partial charge is 0.410 e. The number of phenolic OH excluding ortho intramolecular Hbond substituents is 4. The van der Waals surface area contributed by atoms with Crippen LogP contribution in [0.4, 0.5) is 16.2 Å². The molecule has 0 unspecified atom stereocenters. The van der Waals surface area contributed by atoms with E-state index in [1.54, 1.807) is 17.3 Å². The minimum atomic E-state index is -0.526. The second kappa shape index (κ2) is 14.1. The van der Waals surface area contributed by atoms with Crippen molar-refractivity contribution in [3.63, 3.8) is 0 Å². The molecular formula is C31H38Cl2N8O6. The first kappa shape index (κ1) is 33.8. The van der Waals surface area contributed by atoms with Crippen LogP contribution in [0, 0.1) is 0 Å². The summed E-state index contributed by atoms with van der Waals surface area (Å²) in [5, 5.41) is 56.9. The number of anilines is 2. The normalized spacial score (nSPS) is 15.3. The fourth-order valence-corrected chi connectivity index (χ4v) is 5.63. The summed E-state index contributed by atoms with van der Waals surface area (Å²) in [6.45, 7) is 11.3. The molecule has 4 aromatic rings. The van der Waals surface area contributed by atoms with Gasteiger partial charge in [0, 0.05) is 75.6 Å². The zero-order chi connectivity index (χ0) is 33.9. The van der Waals surface area contributed by atoms with E-state index in [1.807, 2.05) is 20.8 Å². The Hall–Kier alpha value is -4.53. The second-order valence-electron chi connectivity index (χ2n) is 12.1. The zero-order valence-corrected chi connectivity index (χ0v) is 27.7. The molecule has 252 valence electrons. The summed E-state index contributed by atoms with van der Waals surface area (Å²) in [5.74, 6) is -0.469. The first-order chi connectivity index (χ1) is 22.3. The molecule has 0 atom stereocenters. The molecule has 0 saturated carbocycles. The molecule has 2 fully saturated rings. The molecule has 0 spiro atoms. The lowest BCUT2D eigenvalue weighted by atomic mass is 10.1. The third-order valence-corrected chi connectivity index (χ3v) is 8.24. The highest BCUT2D eigenvalue weighted by molar-refractivity contribution is 6.32. The lowest BCUT2D eigenvalue weighted by Crippen LogP contribution is -2.50. The average molecular weight is 690 g/mol. The molecule has 2 aromatic heterocycles. The molecule has 2 aliphatic heterocycles. The molecule has 16 heteroatoms. The van der Waals surface area contributed by atoms with Crippen LogP contribution in [0.15, 0.2) is 36.7 Å². The number of benzene rings is 2. The number of piperazine rings is 2. The topological polar surface area (TPSA) is 186 Å². The minimum Gasteiger partial charge on any atom is -0.507 e. The molecule has 4 heterocycles. The molecule has 14 nitrogen and oxygen atoms in total. The Kier molecular flexibility index (Phi) is 10.1. The maximum atomic E-state index is 12.2. The van der Waals surface area contributed by atoms with E-state index in [1.165, 1.54) is 24.3 Å². The molecule has 2 aliphatic rings. The molecular weight excluding hydrogens is 651 g/mol. The van der Waals surface area contributed by atoms with E-state index in [-0.39, 0.29) is 39.1 Å². The second-order valence-corrected chi connectivity index (χ2v) is 12.9. The van der Waals surface area contributed by atoms with E-state index in [2.05, 4.69) is 35.5 Å². The number of carbonyl (C=O) groups excluding carboxylic acids is 1. The Morgan fingerprint density at radius 3 is 1.62 bits per heavy atom. The van der Waals surface area contributed by atoms with Gasteiger partial charge in [-0.1, -0.05) is 23.2 Å². The molecule has 0 bridgehead atoms. The van der Waals surface area contributed by atoms with Crippen molar-refractivity contribution in [2.45, 2.75) is 26.4 Å². The SMILES string of the molecule is CC(C)(C)OC(=O)N1CCN(c2cn[nH]c2-c2cc(Cl)c(O)cc2O)CC1.Oc1cc(O)c(-c2[nH]ncc2N2CCNCC2)cc1Cl. The Balaban J connectivity index is 0.000000193. The van der Waals surface area contributed by atoms with Crippen LogP contribution in [0.2, 0.25) is 10.0 Å². The van der Waals surface area contributed by atoms with Gasteiger partial charge in [0.1, 0.15) is 28.6 Å². The van der Waals surface area contributed by atoms with Crippen molar-refractivity contribution < 1.29 is 30.0 Å². The van der Waals surface area contributed by atoms with Gasteiger partial charge in [0.15, 0.2) is 0 Å². The summed E-state index contributed by atoms with van der Waals surface area (Å²) < 4.78 is 5.41. The maximum absolute atomic E-state index is 12.2. The Morgan fingerprint density at radius 1 is 0.723 bits per heavy atom. The van der Waals surface area contributed by atoms with Crippen LogP contribution >= 0.6 is 23.2 Å². The standard InChI is InChI=1S/C18H23ClN4O4.C13H15ClN4O2/c1-18(2,3)27-17(26)23-6-4-22(5-7-23)13-10-20-21-16(13)11-8-12(19)15(25)9-14(11)24;14-9-5-8(11(19)6-12(9)20)13-10(7-16-17-13)18-3-1-15-2-4-18/h8-10,24-25H,4-7H2,1-3H3,(H,20,21);5-7,15,19-20H,1-4H2,(H,16,17). The number of rotatable bonds is 4. The number of aromatic amines is 2. The van der Waals surface area contributed by atoms with E-state index in [0.29, 0.717) is 48.7 Å². The van der Waals surface area contributed by atoms with Gasteiger partial charge in [-0.2, -0.15) is 10.2 Å². The Morgan fingerprint density at radius 2 is 1.17 bits per heavy atom. The van der Waals surface area contributed by atoms with Crippen molar-refractivity contribution in [1.82, 2.24) is 30.6 Å². The van der Waals surface area contributed by atoms with E-state index < -0.39 is 5.60 Å². The summed E-state index contributed by atoms with van der Waals surface area (Å²) in [7, 11) is 0. The summed E-state index contributed by atoms with van der Waals surface area (Å²) >= 11 is 11.9. The van der Waals surface area contributed by atoms with E-state index in [9.17, 15) is 25.2 Å². The van der Waals surface area contributed by atoms with Gasteiger partial charge in [0.2, 0.25) is 0 Å². The summed E-state index contributed by atoms with van der Waals surface area (Å²) in [6, 6.07) is 5.45. The van der Waals surface area contributed by atoms with Crippen LogP contribution in [0.1, 0.15) is 20.8 Å². The number of nitrogens with zero attached hydrogens (tertiary/aromatic N) is 5. The monoisotopic (exact) mass is 688 g/mol. The average Bonchev–Trinajstić information content (AvgIpc) is 3.71. The van der Waals surface area contributed by atoms with Gasteiger partial charge in [-0.25, -0.2) is 4.79 Å². The van der Waals surface area contributed by atoms with Gasteiger partial charge in [-0.3, -0.25) is 10.2 Å². The third kappa shape index (κ3) is 7.89. The van der Waals surface area contributed by atoms with Crippen molar-refractivity contribution in [2.24, 2.45) is 0 Å². The van der Waals surface area contributed by atoms with Gasteiger partial charge >= 0.3 is 6.09 Å². The number of hydrogen-bond donors (Lipinski definition) is 7. The van der Waals surface area contributed by atoms with Gasteiger partial charge in [0.05, 0.1) is 45.2 Å². The van der Waals surface area contributed by atoms with E-state index in [0.717, 1.165) is 37.6 Å². The molecule has 2 aromatic carbocycles. The number of halogens is 2. The fourth-order valence-electron chi connectivity index (χ4n) is 5.30. The Labute approximate surface area is 281 Å². The van der Waals surface area contributed by atoms with Crippen LogP contribution in [0.25, 0.3) is 22.5 Å². The van der Waals surface area contributed by atoms with Crippen molar-refractivity contribution in [2.75, 3.05) is 62.2 Å². The van der Waals surface area contributed by atoms with Gasteiger partial charge in [0.25, 0.3) is 0 Å². The molecule has 6 rings (SSSR count). The highest BCUT2D eigenvalue weighted by atomic mass is 35.5. The molecule has 1 amide bonds. The number of phenols is 4. The molecule has 0 radical (unpaired) electrons. The van der Waals surface area contributed by atoms with E-state index in [4.69, 9.17) is 27.9 Å². The van der Waals surface area contributed by atoms with Crippen molar-refractivity contribution in [3.05, 3.63) is 46.7 Å². The van der Waals surface area contributed by atoms with Crippen LogP contribution in [-0.4, -0.2) is 110 Å². The summed E-state index contributed by atoms with van der Waals surface area (Å²) in [5.41, 5.74) is 3.45.